The molecule has 17 nitrogen and oxygen atoms in total. The van der Waals surface area contributed by atoms with Gasteiger partial charge < -0.3 is 51.5 Å². The molecule has 0 bridgehead atoms. The van der Waals surface area contributed by atoms with Crippen LogP contribution in [-0.2, 0) is 57.6 Å². The molecule has 0 unspecified atom stereocenters. The molecular formula is C55H78N6O11. The lowest BCUT2D eigenvalue weighted by Crippen LogP contribution is -2.50. The monoisotopic (exact) mass is 999 g/mol. The molecule has 3 aliphatic heterocycles. The number of epoxide rings is 1. The maximum atomic E-state index is 13.3. The number of aliphatic hydroxyl groups is 1. The lowest BCUT2D eigenvalue weighted by atomic mass is 9.86. The van der Waals surface area contributed by atoms with E-state index >= 15 is 0 Å². The number of aliphatic hydroxyl groups excluding tert-OH is 1. The molecule has 2 aromatic rings. The average Bonchev–Trinajstić information content (AvgIpc) is 4.11. The van der Waals surface area contributed by atoms with Crippen molar-refractivity contribution in [2.24, 2.45) is 29.2 Å². The number of benzene rings is 2. The summed E-state index contributed by atoms with van der Waals surface area (Å²) in [5.41, 5.74) is 14.3. The first kappa shape index (κ1) is 57.2. The Balaban J connectivity index is 1.02. The van der Waals surface area contributed by atoms with Gasteiger partial charge in [0.25, 0.3) is 0 Å². The number of nitrogens with two attached hydrogens (primary N) is 2. The molecule has 1 spiro atoms. The Morgan fingerprint density at radius 2 is 1.62 bits per heavy atom. The summed E-state index contributed by atoms with van der Waals surface area (Å²) in [5.74, 6) is -0.277. The first-order valence-corrected chi connectivity index (χ1v) is 25.4. The lowest BCUT2D eigenvalue weighted by Gasteiger charge is -2.39. The molecule has 3 saturated heterocycles. The summed E-state index contributed by atoms with van der Waals surface area (Å²) in [5, 5.41) is 22.2. The Hall–Kier alpha value is -5.72. The van der Waals surface area contributed by atoms with Gasteiger partial charge in [-0.2, -0.15) is 0 Å². The molecule has 0 aliphatic carbocycles. The van der Waals surface area contributed by atoms with E-state index in [1.165, 1.54) is 0 Å². The summed E-state index contributed by atoms with van der Waals surface area (Å²) < 4.78 is 23.8. The fourth-order valence-corrected chi connectivity index (χ4v) is 8.82. The zero-order valence-corrected chi connectivity index (χ0v) is 43.0. The van der Waals surface area contributed by atoms with Gasteiger partial charge in [0.2, 0.25) is 11.8 Å². The summed E-state index contributed by atoms with van der Waals surface area (Å²) in [6.07, 6.45) is 10.4. The van der Waals surface area contributed by atoms with Gasteiger partial charge in [-0.15, -0.1) is 0 Å². The molecule has 3 aliphatic rings. The fourth-order valence-electron chi connectivity index (χ4n) is 8.82. The van der Waals surface area contributed by atoms with Crippen molar-refractivity contribution < 1.29 is 52.8 Å². The van der Waals surface area contributed by atoms with Crippen LogP contribution >= 0.6 is 0 Å². The minimum atomic E-state index is -0.854. The maximum Gasteiger partial charge on any atom is 0.411 e. The molecular weight excluding hydrogens is 921 g/mol. The minimum Gasteiger partial charge on any atom is -0.444 e. The number of amides is 5. The van der Waals surface area contributed by atoms with Gasteiger partial charge in [-0.25, -0.2) is 9.59 Å². The Morgan fingerprint density at radius 3 is 2.28 bits per heavy atom. The molecule has 0 radical (unpaired) electrons. The number of urea groups is 1. The average molecular weight is 999 g/mol. The van der Waals surface area contributed by atoms with Crippen LogP contribution in [0, 0.1) is 17.8 Å². The van der Waals surface area contributed by atoms with Crippen LogP contribution in [0.15, 0.2) is 84.5 Å². The van der Waals surface area contributed by atoms with Gasteiger partial charge >= 0.3 is 12.1 Å². The van der Waals surface area contributed by atoms with Gasteiger partial charge in [-0.05, 0) is 98.6 Å². The highest BCUT2D eigenvalue weighted by atomic mass is 16.6. The number of nitrogens with one attached hydrogen (secondary N) is 4. The number of aryl methyl sites for hydroxylation is 1. The Bertz CT molecular complexity index is 2240. The number of ether oxygens (including phenoxy) is 4. The van der Waals surface area contributed by atoms with Crippen LogP contribution < -0.4 is 32.7 Å². The number of rotatable bonds is 25. The number of carbonyl (C=O) groups is 6. The van der Waals surface area contributed by atoms with Crippen molar-refractivity contribution in [3.8, 4) is 0 Å². The second-order valence-corrected chi connectivity index (χ2v) is 20.4. The van der Waals surface area contributed by atoms with Crippen molar-refractivity contribution in [2.45, 2.75) is 167 Å². The number of Topliss-reactive ketones (excluding diaryl/α,β-unsaturated/α-hetero) is 2. The third-order valence-electron chi connectivity index (χ3n) is 13.5. The number of allylic oxidation sites excluding steroid dienone is 3. The van der Waals surface area contributed by atoms with Crippen molar-refractivity contribution in [3.63, 3.8) is 0 Å². The SMILES string of the molecule is CC(/C=C/[C@H]1O[C@H](CC(=O)CCc2ccc(NC(=O)OCc3ccc(CC(=O)[C@@H](CCCNC(N)=O)NC(=O)[C@H](N)C(C)C)cc3)cc2)C[C@@]2(CO2)[C@@H]1O)=C\C[C@@H]1O[C@H](C)[C@H](NC(=O)/C=C\C(C)C)C[C@@H]1C. The van der Waals surface area contributed by atoms with Gasteiger partial charge in [0.15, 0.2) is 5.78 Å². The summed E-state index contributed by atoms with van der Waals surface area (Å²) >= 11 is 0. The highest BCUT2D eigenvalue weighted by Gasteiger charge is 2.58. The van der Waals surface area contributed by atoms with Crippen molar-refractivity contribution in [1.29, 1.82) is 0 Å². The molecule has 3 heterocycles. The van der Waals surface area contributed by atoms with Gasteiger partial charge in [-0.3, -0.25) is 24.5 Å². The molecule has 9 N–H and O–H groups in total. The van der Waals surface area contributed by atoms with Gasteiger partial charge in [0.1, 0.15) is 30.2 Å². The van der Waals surface area contributed by atoms with Crippen LogP contribution in [0.1, 0.15) is 110 Å². The van der Waals surface area contributed by atoms with E-state index in [1.54, 1.807) is 42.5 Å². The highest BCUT2D eigenvalue weighted by molar-refractivity contribution is 5.92. The van der Waals surface area contributed by atoms with Gasteiger partial charge in [-0.1, -0.05) is 101 Å². The second-order valence-electron chi connectivity index (χ2n) is 20.4. The van der Waals surface area contributed by atoms with Crippen LogP contribution in [0.25, 0.3) is 0 Å². The van der Waals surface area contributed by atoms with Crippen LogP contribution in [-0.4, -0.2) is 108 Å². The fraction of sp³-hybridized carbons (Fsp3) is 0.564. The molecule has 5 amide bonds. The Labute approximate surface area is 424 Å². The van der Waals surface area contributed by atoms with Gasteiger partial charge in [0, 0.05) is 37.9 Å². The third-order valence-corrected chi connectivity index (χ3v) is 13.5. The standard InChI is InChI=1S/C55H78N6O11/c1-33(2)10-25-49(64)60-45-27-36(6)47(71-37(45)7)23-11-35(5)12-24-48-51(65)55(32-70-55)30-43(72-48)29-42(62)22-19-38-17-20-41(21-18-38)59-54(68)69-31-40-15-13-39(14-16-40)28-46(63)44(9-8-26-58-53(57)67)61-52(66)50(56)34(3)4/h10-18,20-21,24-25,33-34,36-37,43-45,47-48,50-51,65H,8-9,19,22-23,26-32,56H2,1-7H3,(H,59,68)(H,60,64)(H,61,66)(H3,57,58,67)/b24-12+,25-10-,35-11+/t36-,37+,43+,44+,45+,47-,48+,50+,51+,55+/m0/s1. The molecule has 2 aromatic carbocycles. The molecule has 5 rings (SSSR count). The summed E-state index contributed by atoms with van der Waals surface area (Å²) in [6, 6.07) is 11.9. The van der Waals surface area contributed by atoms with E-state index in [1.807, 2.05) is 71.9 Å². The van der Waals surface area contributed by atoms with Crippen LogP contribution in [0.3, 0.4) is 0 Å². The van der Waals surface area contributed by atoms with Crippen LogP contribution in [0.5, 0.6) is 0 Å². The smallest absolute Gasteiger partial charge is 0.411 e. The van der Waals surface area contributed by atoms with Crippen molar-refractivity contribution in [2.75, 3.05) is 18.5 Å². The van der Waals surface area contributed by atoms with E-state index in [2.05, 4.69) is 34.3 Å². The first-order chi connectivity index (χ1) is 34.2. The third kappa shape index (κ3) is 18.4. The molecule has 3 fully saturated rings. The number of hydrogen-bond acceptors (Lipinski definition) is 12. The maximum absolute atomic E-state index is 13.3. The molecule has 0 saturated carbocycles. The van der Waals surface area contributed by atoms with E-state index < -0.39 is 54.0 Å². The molecule has 17 heteroatoms. The number of anilines is 1. The zero-order valence-electron chi connectivity index (χ0n) is 43.0. The number of carbonyl (C=O) groups excluding carboxylic acids is 6. The normalized spacial score (nSPS) is 25.0. The number of hydrogen-bond donors (Lipinski definition) is 7. The van der Waals surface area contributed by atoms with E-state index in [0.717, 1.165) is 17.6 Å². The molecule has 72 heavy (non-hydrogen) atoms. The molecule has 0 aromatic heterocycles. The quantitative estimate of drug-likeness (QED) is 0.0260. The van der Waals surface area contributed by atoms with Crippen LogP contribution in [0.2, 0.25) is 0 Å². The van der Waals surface area contributed by atoms with E-state index in [0.29, 0.717) is 67.9 Å². The predicted molar refractivity (Wildman–Crippen MR) is 274 cm³/mol. The number of primary amides is 1. The largest absolute Gasteiger partial charge is 0.444 e. The van der Waals surface area contributed by atoms with Gasteiger partial charge in [0.05, 0.1) is 43.0 Å². The Morgan fingerprint density at radius 1 is 0.944 bits per heavy atom. The zero-order chi connectivity index (χ0) is 52.5. The van der Waals surface area contributed by atoms with Crippen molar-refractivity contribution in [1.82, 2.24) is 16.0 Å². The Kier molecular flexibility index (Phi) is 21.7. The highest BCUT2D eigenvalue weighted by Crippen LogP contribution is 2.43. The molecule has 394 valence electrons. The predicted octanol–water partition coefficient (Wildman–Crippen LogP) is 6.05. The van der Waals surface area contributed by atoms with Crippen LogP contribution in [0.4, 0.5) is 15.3 Å². The lowest BCUT2D eigenvalue weighted by molar-refractivity contribution is -0.144. The molecule has 10 atom stereocenters. The minimum absolute atomic E-state index is 0.00554. The summed E-state index contributed by atoms with van der Waals surface area (Å²) in [7, 11) is 0. The van der Waals surface area contributed by atoms with Crippen molar-refractivity contribution >= 4 is 41.2 Å². The number of ketones is 2. The summed E-state index contributed by atoms with van der Waals surface area (Å²) in [6.45, 7) is 14.5. The van der Waals surface area contributed by atoms with E-state index in [9.17, 15) is 33.9 Å². The first-order valence-electron chi connectivity index (χ1n) is 25.4. The second kappa shape index (κ2) is 27.4. The van der Waals surface area contributed by atoms with Crippen molar-refractivity contribution in [3.05, 3.63) is 101 Å². The van der Waals surface area contributed by atoms with E-state index in [-0.39, 0.29) is 73.6 Å². The van der Waals surface area contributed by atoms with E-state index in [4.69, 9.17) is 30.4 Å². The topological polar surface area (TPSA) is 263 Å². The summed E-state index contributed by atoms with van der Waals surface area (Å²) in [4.78, 5) is 75.3.